The van der Waals surface area contributed by atoms with Crippen molar-refractivity contribution in [3.05, 3.63) is 109 Å². The molecule has 2 unspecified atom stereocenters. The lowest BCUT2D eigenvalue weighted by Gasteiger charge is -2.25. The van der Waals surface area contributed by atoms with Gasteiger partial charge in [-0.3, -0.25) is 9.59 Å². The number of carbonyl (C=O) groups excluding carboxylic acids is 2. The van der Waals surface area contributed by atoms with E-state index in [1.54, 1.807) is 0 Å². The highest BCUT2D eigenvalue weighted by atomic mass is 16.7. The molecule has 0 aliphatic rings. The lowest BCUT2D eigenvalue weighted by atomic mass is 10.1. The van der Waals surface area contributed by atoms with Gasteiger partial charge < -0.3 is 28.5 Å². The van der Waals surface area contributed by atoms with E-state index in [2.05, 4.69) is 123 Å². The van der Waals surface area contributed by atoms with Crippen molar-refractivity contribution in [3.8, 4) is 0 Å². The van der Waals surface area contributed by atoms with Crippen LogP contribution in [0.3, 0.4) is 0 Å². The van der Waals surface area contributed by atoms with Crippen LogP contribution in [0.1, 0.15) is 219 Å². The van der Waals surface area contributed by atoms with Crippen molar-refractivity contribution in [2.45, 2.75) is 232 Å². The summed E-state index contributed by atoms with van der Waals surface area (Å²) in [4.78, 5) is 37.4. The number of rotatable bonds is 52. The minimum absolute atomic E-state index is 0.178. The van der Waals surface area contributed by atoms with Crippen molar-refractivity contribution in [1.82, 2.24) is 0 Å². The molecule has 0 amide bonds. The Morgan fingerprint density at radius 3 is 1.18 bits per heavy atom. The van der Waals surface area contributed by atoms with Crippen LogP contribution in [0.25, 0.3) is 0 Å². The first kappa shape index (κ1) is 69.0. The fourth-order valence-corrected chi connectivity index (χ4v) is 7.55. The first-order valence-electron chi connectivity index (χ1n) is 29.1. The van der Waals surface area contributed by atoms with Crippen molar-refractivity contribution in [2.75, 3.05) is 47.5 Å². The van der Waals surface area contributed by atoms with E-state index in [-0.39, 0.29) is 38.6 Å². The Morgan fingerprint density at radius 2 is 0.781 bits per heavy atom. The van der Waals surface area contributed by atoms with Gasteiger partial charge >= 0.3 is 17.9 Å². The number of carboxylic acid groups (broad SMARTS) is 1. The van der Waals surface area contributed by atoms with Crippen LogP contribution in [0.5, 0.6) is 0 Å². The third kappa shape index (κ3) is 55.5. The second kappa shape index (κ2) is 54.2. The molecule has 73 heavy (non-hydrogen) atoms. The predicted octanol–water partition coefficient (Wildman–Crippen LogP) is 17.1. The zero-order valence-corrected chi connectivity index (χ0v) is 47.3. The van der Waals surface area contributed by atoms with Gasteiger partial charge in [0.05, 0.1) is 34.4 Å². The summed E-state index contributed by atoms with van der Waals surface area (Å²) in [7, 11) is 5.95. The van der Waals surface area contributed by atoms with Crippen LogP contribution in [0.2, 0.25) is 0 Å². The molecule has 1 N–H and O–H groups in total. The zero-order valence-electron chi connectivity index (χ0n) is 47.3. The van der Waals surface area contributed by atoms with Gasteiger partial charge in [-0.25, -0.2) is 4.79 Å². The van der Waals surface area contributed by atoms with Crippen LogP contribution >= 0.6 is 0 Å². The molecule has 0 heterocycles. The molecule has 0 rings (SSSR count). The Morgan fingerprint density at radius 1 is 0.425 bits per heavy atom. The molecule has 0 aliphatic heterocycles. The number of hydrogen-bond donors (Lipinski definition) is 1. The van der Waals surface area contributed by atoms with Crippen LogP contribution in [-0.4, -0.2) is 87.4 Å². The van der Waals surface area contributed by atoms with E-state index in [1.165, 1.54) is 64.2 Å². The van der Waals surface area contributed by atoms with Crippen molar-refractivity contribution >= 4 is 17.9 Å². The van der Waals surface area contributed by atoms with Crippen molar-refractivity contribution in [1.29, 1.82) is 0 Å². The van der Waals surface area contributed by atoms with Gasteiger partial charge in [0.1, 0.15) is 13.2 Å². The third-order valence-electron chi connectivity index (χ3n) is 12.0. The van der Waals surface area contributed by atoms with Gasteiger partial charge in [0.2, 0.25) is 0 Å². The van der Waals surface area contributed by atoms with E-state index in [0.29, 0.717) is 17.4 Å². The van der Waals surface area contributed by atoms with Crippen LogP contribution < -0.4 is 0 Å². The Balaban J connectivity index is 4.31. The summed E-state index contributed by atoms with van der Waals surface area (Å²) >= 11 is 0. The smallest absolute Gasteiger partial charge is 0.361 e. The summed E-state index contributed by atoms with van der Waals surface area (Å²) in [6.07, 6.45) is 71.6. The van der Waals surface area contributed by atoms with E-state index >= 15 is 0 Å². The number of esters is 2. The summed E-state index contributed by atoms with van der Waals surface area (Å²) in [6.45, 7) is 4.73. The van der Waals surface area contributed by atoms with Crippen LogP contribution in [0, 0.1) is 0 Å². The molecule has 0 saturated carbocycles. The molecule has 9 nitrogen and oxygen atoms in total. The summed E-state index contributed by atoms with van der Waals surface area (Å²) < 4.78 is 22.8. The van der Waals surface area contributed by atoms with Gasteiger partial charge in [-0.15, -0.1) is 0 Å². The second-order valence-electron chi connectivity index (χ2n) is 20.2. The minimum Gasteiger partial charge on any atom is -0.477 e. The average molecular weight is 1020 g/mol. The Hall–Kier alpha value is -4.05. The largest absolute Gasteiger partial charge is 0.477 e. The molecule has 0 spiro atoms. The van der Waals surface area contributed by atoms with Gasteiger partial charge in [0.25, 0.3) is 6.29 Å². The molecular weight excluding hydrogens is 911 g/mol. The number of allylic oxidation sites excluding steroid dienone is 18. The molecule has 9 heteroatoms. The first-order valence-corrected chi connectivity index (χ1v) is 29.1. The number of nitrogens with zero attached hydrogens (tertiary/aromatic N) is 1. The third-order valence-corrected chi connectivity index (χ3v) is 12.0. The molecule has 2 atom stereocenters. The van der Waals surface area contributed by atoms with Crippen LogP contribution in [-0.2, 0) is 33.3 Å². The topological polar surface area (TPSA) is 108 Å². The molecule has 0 aromatic carbocycles. The monoisotopic (exact) mass is 1020 g/mol. The highest BCUT2D eigenvalue weighted by Crippen LogP contribution is 2.14. The van der Waals surface area contributed by atoms with Gasteiger partial charge in [-0.2, -0.15) is 0 Å². The lowest BCUT2D eigenvalue weighted by Crippen LogP contribution is -2.40. The van der Waals surface area contributed by atoms with Crippen molar-refractivity contribution in [2.24, 2.45) is 0 Å². The molecular formula is C64H108NO8+. The summed E-state index contributed by atoms with van der Waals surface area (Å²) in [5.41, 5.74) is 0. The fourth-order valence-electron chi connectivity index (χ4n) is 7.55. The fraction of sp³-hybridized carbons (Fsp3) is 0.672. The Labute approximate surface area is 447 Å². The number of quaternary nitrogens is 1. The zero-order chi connectivity index (χ0) is 53.4. The molecule has 0 fully saturated rings. The molecule has 0 aromatic heterocycles. The molecule has 416 valence electrons. The van der Waals surface area contributed by atoms with E-state index in [4.69, 9.17) is 18.9 Å². The number of ether oxygens (including phenoxy) is 4. The maximum Gasteiger partial charge on any atom is 0.361 e. The second-order valence-corrected chi connectivity index (χ2v) is 20.2. The lowest BCUT2D eigenvalue weighted by molar-refractivity contribution is -0.870. The normalized spacial score (nSPS) is 13.6. The van der Waals surface area contributed by atoms with Gasteiger partial charge in [-0.1, -0.05) is 213 Å². The van der Waals surface area contributed by atoms with Crippen LogP contribution in [0.4, 0.5) is 0 Å². The minimum atomic E-state index is -1.52. The predicted molar refractivity (Wildman–Crippen MR) is 308 cm³/mol. The summed E-state index contributed by atoms with van der Waals surface area (Å²) in [5.74, 6) is -2.04. The van der Waals surface area contributed by atoms with Gasteiger partial charge in [0.15, 0.2) is 6.10 Å². The maximum absolute atomic E-state index is 12.9. The summed E-state index contributed by atoms with van der Waals surface area (Å²) in [5, 5.41) is 9.70. The Kier molecular flexibility index (Phi) is 51.2. The standard InChI is InChI=1S/C64H107NO8/c1-6-8-10-12-14-16-18-20-22-24-25-26-27-28-29-30-31-32-33-34-35-36-37-39-41-43-45-47-49-51-53-55-62(67)73-60(59-72-64(63(68)69)70-57-56-65(3,4)5)58-71-61(66)54-52-50-48-46-44-42-40-38-23-21-19-17-15-13-11-9-7-2/h8,10,14,16,20-23,25-26,28-29,31-32,34-35,37,39,60,64H,6-7,9,11-13,15,17-19,24,27,30,33,36,38,40-59H2,1-5H3/p+1/b10-8-,16-14-,22-20-,23-21-,26-25-,29-28-,32-31-,35-34-,39-37-. The van der Waals surface area contributed by atoms with Crippen molar-refractivity contribution < 1.29 is 42.9 Å². The summed E-state index contributed by atoms with van der Waals surface area (Å²) in [6, 6.07) is 0. The number of unbranched alkanes of at least 4 members (excludes halogenated alkanes) is 19. The molecule has 0 saturated heterocycles. The number of carboxylic acids is 1. The number of hydrogen-bond acceptors (Lipinski definition) is 7. The van der Waals surface area contributed by atoms with E-state index in [0.717, 1.165) is 122 Å². The molecule has 0 aromatic rings. The van der Waals surface area contributed by atoms with E-state index in [9.17, 15) is 19.5 Å². The average Bonchev–Trinajstić information content (AvgIpc) is 3.36. The molecule has 0 radical (unpaired) electrons. The van der Waals surface area contributed by atoms with E-state index in [1.807, 2.05) is 21.1 Å². The quantitative estimate of drug-likeness (QED) is 0.0211. The first-order chi connectivity index (χ1) is 35.6. The Bertz CT molecular complexity index is 1560. The SMILES string of the molecule is CC/C=C\C/C=C\C/C=C\C/C=C\C/C=C\C/C=C\C/C=C\C/C=C\CCCCCCCCC(=O)OC(COC(=O)CCCCCCCCC/C=C\CCCCCCCC)COC(OCC[N+](C)(C)C)C(=O)O. The van der Waals surface area contributed by atoms with Gasteiger partial charge in [0, 0.05) is 12.8 Å². The number of carbonyl (C=O) groups is 3. The maximum atomic E-state index is 12.9. The van der Waals surface area contributed by atoms with Crippen molar-refractivity contribution in [3.63, 3.8) is 0 Å². The van der Waals surface area contributed by atoms with Gasteiger partial charge in [-0.05, 0) is 103 Å². The van der Waals surface area contributed by atoms with Crippen LogP contribution in [0.15, 0.2) is 109 Å². The number of likely N-dealkylation sites (N-methyl/N-ethyl adjacent to an activating group) is 1. The van der Waals surface area contributed by atoms with E-state index < -0.39 is 24.3 Å². The highest BCUT2D eigenvalue weighted by Gasteiger charge is 2.25. The number of aliphatic carboxylic acids is 1. The molecule has 0 bridgehead atoms. The highest BCUT2D eigenvalue weighted by molar-refractivity contribution is 5.71. The molecule has 0 aliphatic carbocycles.